The topological polar surface area (TPSA) is 118 Å². The lowest BCUT2D eigenvalue weighted by molar-refractivity contribution is 0.00619. The molecule has 0 radical (unpaired) electrons. The summed E-state index contributed by atoms with van der Waals surface area (Å²) in [5.74, 6) is 0.704. The average molecular weight is 529 g/mol. The fourth-order valence-corrected chi connectivity index (χ4v) is 7.09. The lowest BCUT2D eigenvalue weighted by Crippen LogP contribution is -2.52. The van der Waals surface area contributed by atoms with E-state index in [0.717, 1.165) is 39.4 Å². The molecule has 1 saturated heterocycles. The molecule has 10 heteroatoms. The zero-order chi connectivity index (χ0) is 25.4. The second-order valence-electron chi connectivity index (χ2n) is 9.76. The summed E-state index contributed by atoms with van der Waals surface area (Å²) in [5, 5.41) is 10.3. The van der Waals surface area contributed by atoms with Crippen LogP contribution in [0.3, 0.4) is 0 Å². The van der Waals surface area contributed by atoms with E-state index in [-0.39, 0.29) is 24.0 Å². The number of fused-ring (bicyclic) bond motifs is 1. The molecule has 8 nitrogen and oxygen atoms in total. The van der Waals surface area contributed by atoms with E-state index in [0.29, 0.717) is 31.1 Å². The summed E-state index contributed by atoms with van der Waals surface area (Å²) in [6.07, 6.45) is 3.13. The number of β-amino-alcohol motifs (C(OH)–C–C–N with tert-alkyl or cyclic N) is 1. The molecule has 36 heavy (non-hydrogen) atoms. The molecular formula is C26H32N4O4S2. The number of anilines is 1. The fourth-order valence-electron chi connectivity index (χ4n) is 4.83. The monoisotopic (exact) mass is 528 g/mol. The van der Waals surface area contributed by atoms with Crippen molar-refractivity contribution in [1.82, 2.24) is 14.6 Å². The van der Waals surface area contributed by atoms with Crippen molar-refractivity contribution in [3.63, 3.8) is 0 Å². The number of aliphatic hydroxyl groups excluding tert-OH is 1. The van der Waals surface area contributed by atoms with Crippen molar-refractivity contribution in [3.8, 4) is 26.8 Å². The van der Waals surface area contributed by atoms with E-state index in [4.69, 9.17) is 10.5 Å². The number of nitrogens with two attached hydrogens (primary N) is 1. The first-order valence-electron chi connectivity index (χ1n) is 12.2. The molecule has 1 fully saturated rings. The molecule has 2 aliphatic rings. The summed E-state index contributed by atoms with van der Waals surface area (Å²) in [7, 11) is -3.43. The Morgan fingerprint density at radius 1 is 1.28 bits per heavy atom. The van der Waals surface area contributed by atoms with Crippen LogP contribution >= 0.6 is 11.3 Å². The molecule has 1 aliphatic carbocycles. The van der Waals surface area contributed by atoms with Gasteiger partial charge in [0, 0.05) is 37.4 Å². The van der Waals surface area contributed by atoms with E-state index < -0.39 is 10.0 Å². The summed E-state index contributed by atoms with van der Waals surface area (Å²) in [5.41, 5.74) is 11.0. The molecular weight excluding hydrogens is 496 g/mol. The third kappa shape index (κ3) is 5.42. The van der Waals surface area contributed by atoms with Crippen LogP contribution in [0.2, 0.25) is 0 Å². The average Bonchev–Trinajstić information content (AvgIpc) is 3.45. The van der Waals surface area contributed by atoms with Crippen molar-refractivity contribution in [2.24, 2.45) is 0 Å². The molecule has 4 N–H and O–H groups in total. The molecule has 2 heterocycles. The Kier molecular flexibility index (Phi) is 7.06. The van der Waals surface area contributed by atoms with Gasteiger partial charge in [0.2, 0.25) is 10.0 Å². The molecule has 3 aromatic rings. The third-order valence-corrected chi connectivity index (χ3v) is 9.04. The first-order valence-corrected chi connectivity index (χ1v) is 14.7. The molecule has 5 rings (SSSR count). The van der Waals surface area contributed by atoms with Gasteiger partial charge in [-0.3, -0.25) is 4.90 Å². The molecule has 0 saturated carbocycles. The van der Waals surface area contributed by atoms with Gasteiger partial charge in [0.1, 0.15) is 10.8 Å². The molecule has 0 bridgehead atoms. The predicted molar refractivity (Wildman–Crippen MR) is 144 cm³/mol. The van der Waals surface area contributed by atoms with E-state index in [9.17, 15) is 13.5 Å². The Balaban J connectivity index is 1.31. The van der Waals surface area contributed by atoms with Gasteiger partial charge in [-0.25, -0.2) is 18.1 Å². The van der Waals surface area contributed by atoms with Gasteiger partial charge in [-0.2, -0.15) is 0 Å². The van der Waals surface area contributed by atoms with Crippen molar-refractivity contribution >= 4 is 27.0 Å². The number of nitrogens with one attached hydrogen (secondary N) is 1. The second-order valence-corrected chi connectivity index (χ2v) is 12.7. The van der Waals surface area contributed by atoms with Crippen molar-refractivity contribution in [1.29, 1.82) is 0 Å². The molecule has 0 unspecified atom stereocenters. The number of hydrogen-bond donors (Lipinski definition) is 3. The van der Waals surface area contributed by atoms with Crippen LogP contribution in [0.5, 0.6) is 5.75 Å². The van der Waals surface area contributed by atoms with E-state index in [1.54, 1.807) is 11.3 Å². The summed E-state index contributed by atoms with van der Waals surface area (Å²) < 4.78 is 34.1. The Morgan fingerprint density at radius 3 is 2.81 bits per heavy atom. The number of aromatic nitrogens is 1. The van der Waals surface area contributed by atoms with Gasteiger partial charge in [-0.05, 0) is 61.6 Å². The summed E-state index contributed by atoms with van der Waals surface area (Å²) >= 11 is 1.60. The molecule has 0 spiro atoms. The number of nitrogen functional groups attached to an aromatic ring is 1. The first-order chi connectivity index (χ1) is 17.2. The van der Waals surface area contributed by atoms with E-state index >= 15 is 0 Å². The van der Waals surface area contributed by atoms with Gasteiger partial charge in [0.05, 0.1) is 28.5 Å². The maximum atomic E-state index is 12.7. The highest BCUT2D eigenvalue weighted by molar-refractivity contribution is 7.89. The van der Waals surface area contributed by atoms with Crippen molar-refractivity contribution in [2.75, 3.05) is 31.1 Å². The largest absolute Gasteiger partial charge is 0.489 e. The van der Waals surface area contributed by atoms with Gasteiger partial charge in [-0.15, -0.1) is 11.3 Å². The Bertz CT molecular complexity index is 1350. The van der Waals surface area contributed by atoms with Gasteiger partial charge in [0.25, 0.3) is 0 Å². The number of sulfonamides is 1. The normalized spacial score (nSPS) is 18.4. The van der Waals surface area contributed by atoms with Gasteiger partial charge < -0.3 is 15.6 Å². The van der Waals surface area contributed by atoms with Crippen LogP contribution in [-0.4, -0.2) is 61.0 Å². The highest BCUT2D eigenvalue weighted by Gasteiger charge is 2.30. The zero-order valence-corrected chi connectivity index (χ0v) is 22.1. The maximum Gasteiger partial charge on any atom is 0.213 e. The minimum Gasteiger partial charge on any atom is -0.489 e. The van der Waals surface area contributed by atoms with Gasteiger partial charge >= 0.3 is 0 Å². The van der Waals surface area contributed by atoms with Crippen LogP contribution < -0.4 is 15.2 Å². The summed E-state index contributed by atoms with van der Waals surface area (Å²) in [6, 6.07) is 11.6. The minimum atomic E-state index is -3.43. The van der Waals surface area contributed by atoms with Crippen molar-refractivity contribution in [3.05, 3.63) is 53.7 Å². The standard InChI is InChI=1S/C26H32N4O4S2/c1-16(2)34-24-9-6-17(12-22(24)27)26-28-13-25(35-26)21-5-3-4-20-19(21)7-8-23(20)29-36(32,33)11-10-30-14-18(31)15-30/h3-6,9,12-13,16,18,23,29,31H,7-8,10-11,14-15,27H2,1-2H3/t23-/m0/s1. The van der Waals surface area contributed by atoms with Crippen molar-refractivity contribution in [2.45, 2.75) is 44.9 Å². The lowest BCUT2D eigenvalue weighted by atomic mass is 10.0. The number of nitrogens with zero attached hydrogens (tertiary/aromatic N) is 2. The Morgan fingerprint density at radius 2 is 2.08 bits per heavy atom. The predicted octanol–water partition coefficient (Wildman–Crippen LogP) is 3.43. The number of rotatable bonds is 9. The highest BCUT2D eigenvalue weighted by atomic mass is 32.2. The number of hydrogen-bond acceptors (Lipinski definition) is 8. The highest BCUT2D eigenvalue weighted by Crippen LogP contribution is 2.41. The Hall–Kier alpha value is -2.50. The van der Waals surface area contributed by atoms with Crippen LogP contribution in [0.4, 0.5) is 5.69 Å². The number of thiazole rings is 1. The Labute approximate surface area is 216 Å². The summed E-state index contributed by atoms with van der Waals surface area (Å²) in [6.45, 7) is 5.46. The van der Waals surface area contributed by atoms with Crippen LogP contribution in [0.15, 0.2) is 42.6 Å². The third-order valence-electron chi connectivity index (χ3n) is 6.60. The van der Waals surface area contributed by atoms with E-state index in [1.807, 2.05) is 55.3 Å². The van der Waals surface area contributed by atoms with Crippen LogP contribution in [0, 0.1) is 0 Å². The lowest BCUT2D eigenvalue weighted by Gasteiger charge is -2.35. The molecule has 1 aromatic heterocycles. The van der Waals surface area contributed by atoms with Gasteiger partial charge in [-0.1, -0.05) is 18.2 Å². The second kappa shape index (κ2) is 10.1. The maximum absolute atomic E-state index is 12.7. The first kappa shape index (κ1) is 25.2. The number of aliphatic hydroxyl groups is 1. The van der Waals surface area contributed by atoms with Crippen molar-refractivity contribution < 1.29 is 18.3 Å². The summed E-state index contributed by atoms with van der Waals surface area (Å²) in [4.78, 5) is 7.64. The smallest absolute Gasteiger partial charge is 0.213 e. The fraction of sp³-hybridized carbons (Fsp3) is 0.423. The van der Waals surface area contributed by atoms with E-state index in [1.165, 1.54) is 5.56 Å². The molecule has 192 valence electrons. The molecule has 1 aliphatic heterocycles. The van der Waals surface area contributed by atoms with Gasteiger partial charge in [0.15, 0.2) is 0 Å². The molecule has 2 aromatic carbocycles. The number of benzene rings is 2. The SMILES string of the molecule is CC(C)Oc1ccc(-c2ncc(-c3cccc4c3CC[C@@H]4NS(=O)(=O)CCN3CC(O)C3)s2)cc1N. The zero-order valence-electron chi connectivity index (χ0n) is 20.5. The molecule has 1 atom stereocenters. The number of ether oxygens (including phenoxy) is 1. The number of likely N-dealkylation sites (tertiary alicyclic amines) is 1. The van der Waals surface area contributed by atoms with Crippen LogP contribution in [0.1, 0.15) is 37.4 Å². The van der Waals surface area contributed by atoms with Crippen LogP contribution in [0.25, 0.3) is 21.0 Å². The van der Waals surface area contributed by atoms with Crippen LogP contribution in [-0.2, 0) is 16.4 Å². The molecule has 0 amide bonds. The quantitative estimate of drug-likeness (QED) is 0.364. The van der Waals surface area contributed by atoms with E-state index in [2.05, 4.69) is 15.8 Å². The minimum absolute atomic E-state index is 0.0353.